The Bertz CT molecular complexity index is 789. The zero-order valence-electron chi connectivity index (χ0n) is 15.3. The summed E-state index contributed by atoms with van der Waals surface area (Å²) in [6.07, 6.45) is 1.51. The molecule has 1 aliphatic rings. The highest BCUT2D eigenvalue weighted by atomic mass is 79.9. The van der Waals surface area contributed by atoms with Gasteiger partial charge < -0.3 is 10.6 Å². The number of benzene rings is 2. The molecule has 1 fully saturated rings. The van der Waals surface area contributed by atoms with Crippen LogP contribution in [0.4, 0.5) is 11.4 Å². The number of halogens is 1. The molecule has 5 nitrogen and oxygen atoms in total. The molecular formula is C21H24BrN3O2. The zero-order valence-corrected chi connectivity index (χ0v) is 16.9. The van der Waals surface area contributed by atoms with E-state index in [1.807, 2.05) is 61.5 Å². The molecule has 27 heavy (non-hydrogen) atoms. The van der Waals surface area contributed by atoms with E-state index >= 15 is 0 Å². The van der Waals surface area contributed by atoms with Crippen molar-refractivity contribution >= 4 is 39.1 Å². The maximum Gasteiger partial charge on any atom is 0.241 e. The van der Waals surface area contributed by atoms with Gasteiger partial charge >= 0.3 is 0 Å². The molecule has 142 valence electrons. The van der Waals surface area contributed by atoms with E-state index in [-0.39, 0.29) is 23.8 Å². The van der Waals surface area contributed by atoms with E-state index in [1.165, 1.54) is 0 Å². The van der Waals surface area contributed by atoms with E-state index < -0.39 is 0 Å². The van der Waals surface area contributed by atoms with Crippen molar-refractivity contribution in [1.82, 2.24) is 4.90 Å². The SMILES string of the molecule is C[C@@H](C(=O)Nc1cccc(Br)c1)N1CCC(C(=O)Nc2ccccc2)CC1. The lowest BCUT2D eigenvalue weighted by Gasteiger charge is -2.34. The third-order valence-corrected chi connectivity index (χ3v) is 5.45. The van der Waals surface area contributed by atoms with Crippen LogP contribution in [0.3, 0.4) is 0 Å². The Morgan fingerprint density at radius 3 is 2.33 bits per heavy atom. The second kappa shape index (κ2) is 9.15. The molecule has 2 N–H and O–H groups in total. The highest BCUT2D eigenvalue weighted by molar-refractivity contribution is 9.10. The van der Waals surface area contributed by atoms with Gasteiger partial charge in [-0.2, -0.15) is 0 Å². The molecule has 0 aromatic heterocycles. The first-order chi connectivity index (χ1) is 13.0. The predicted molar refractivity (Wildman–Crippen MR) is 112 cm³/mol. The summed E-state index contributed by atoms with van der Waals surface area (Å²) >= 11 is 3.41. The van der Waals surface area contributed by atoms with Crippen LogP contribution in [0, 0.1) is 5.92 Å². The van der Waals surface area contributed by atoms with Crippen molar-refractivity contribution in [2.75, 3.05) is 23.7 Å². The quantitative estimate of drug-likeness (QED) is 0.750. The number of nitrogens with one attached hydrogen (secondary N) is 2. The van der Waals surface area contributed by atoms with Gasteiger partial charge in [0, 0.05) is 21.8 Å². The van der Waals surface area contributed by atoms with Gasteiger partial charge in [0.15, 0.2) is 0 Å². The fraction of sp³-hybridized carbons (Fsp3) is 0.333. The molecule has 0 saturated carbocycles. The molecule has 0 bridgehead atoms. The van der Waals surface area contributed by atoms with Crippen LogP contribution >= 0.6 is 15.9 Å². The maximum atomic E-state index is 12.5. The lowest BCUT2D eigenvalue weighted by atomic mass is 9.94. The lowest BCUT2D eigenvalue weighted by molar-refractivity contribution is -0.123. The highest BCUT2D eigenvalue weighted by Crippen LogP contribution is 2.22. The molecule has 0 spiro atoms. The Balaban J connectivity index is 1.49. The van der Waals surface area contributed by atoms with Crippen molar-refractivity contribution in [2.45, 2.75) is 25.8 Å². The number of hydrogen-bond donors (Lipinski definition) is 2. The number of carbonyl (C=O) groups excluding carboxylic acids is 2. The smallest absolute Gasteiger partial charge is 0.241 e. The van der Waals surface area contributed by atoms with Gasteiger partial charge in [0.2, 0.25) is 11.8 Å². The van der Waals surface area contributed by atoms with E-state index in [0.29, 0.717) is 0 Å². The molecule has 6 heteroatoms. The van der Waals surface area contributed by atoms with E-state index in [0.717, 1.165) is 41.8 Å². The van der Waals surface area contributed by atoms with E-state index in [4.69, 9.17) is 0 Å². The van der Waals surface area contributed by atoms with E-state index in [1.54, 1.807) is 0 Å². The van der Waals surface area contributed by atoms with E-state index in [2.05, 4.69) is 31.5 Å². The van der Waals surface area contributed by atoms with Crippen LogP contribution in [-0.4, -0.2) is 35.8 Å². The standard InChI is InChI=1S/C21H24BrN3O2/c1-15(20(26)24-19-9-5-6-17(22)14-19)25-12-10-16(11-13-25)21(27)23-18-7-3-2-4-8-18/h2-9,14-16H,10-13H2,1H3,(H,23,27)(H,24,26)/t15-/m0/s1. The monoisotopic (exact) mass is 429 g/mol. The van der Waals surface area contributed by atoms with Crippen LogP contribution in [0.15, 0.2) is 59.1 Å². The van der Waals surface area contributed by atoms with Gasteiger partial charge in [-0.1, -0.05) is 40.2 Å². The van der Waals surface area contributed by atoms with Gasteiger partial charge in [-0.3, -0.25) is 14.5 Å². The first-order valence-electron chi connectivity index (χ1n) is 9.19. The molecule has 2 aromatic carbocycles. The molecule has 3 rings (SSSR count). The number of rotatable bonds is 5. The summed E-state index contributed by atoms with van der Waals surface area (Å²) in [6.45, 7) is 3.39. The zero-order chi connectivity index (χ0) is 19.2. The molecule has 2 aromatic rings. The molecular weight excluding hydrogens is 406 g/mol. The Morgan fingerprint density at radius 2 is 1.67 bits per heavy atom. The number of carbonyl (C=O) groups is 2. The Labute approximate surface area is 168 Å². The first kappa shape index (κ1) is 19.6. The molecule has 0 aliphatic carbocycles. The van der Waals surface area contributed by atoms with Crippen LogP contribution < -0.4 is 10.6 Å². The Morgan fingerprint density at radius 1 is 1.00 bits per heavy atom. The van der Waals surface area contributed by atoms with Crippen molar-refractivity contribution in [1.29, 1.82) is 0 Å². The highest BCUT2D eigenvalue weighted by Gasteiger charge is 2.29. The van der Waals surface area contributed by atoms with Gasteiger partial charge in [0.1, 0.15) is 0 Å². The van der Waals surface area contributed by atoms with Crippen molar-refractivity contribution < 1.29 is 9.59 Å². The minimum Gasteiger partial charge on any atom is -0.326 e. The first-order valence-corrected chi connectivity index (χ1v) is 9.98. The number of para-hydroxylation sites is 1. The summed E-state index contributed by atoms with van der Waals surface area (Å²) in [5.41, 5.74) is 1.60. The normalized spacial score (nSPS) is 16.5. The maximum absolute atomic E-state index is 12.5. The molecule has 2 amide bonds. The average Bonchev–Trinajstić information content (AvgIpc) is 2.68. The van der Waals surface area contributed by atoms with Gasteiger partial charge in [-0.25, -0.2) is 0 Å². The fourth-order valence-corrected chi connectivity index (χ4v) is 3.69. The summed E-state index contributed by atoms with van der Waals surface area (Å²) in [7, 11) is 0. The molecule has 1 aliphatic heterocycles. The minimum absolute atomic E-state index is 0.0122. The fourth-order valence-electron chi connectivity index (χ4n) is 3.29. The number of nitrogens with zero attached hydrogens (tertiary/aromatic N) is 1. The second-order valence-corrected chi connectivity index (χ2v) is 7.76. The molecule has 1 saturated heterocycles. The predicted octanol–water partition coefficient (Wildman–Crippen LogP) is 4.13. The number of likely N-dealkylation sites (tertiary alicyclic amines) is 1. The summed E-state index contributed by atoms with van der Waals surface area (Å²) in [5, 5.41) is 5.93. The summed E-state index contributed by atoms with van der Waals surface area (Å²) in [4.78, 5) is 27.1. The van der Waals surface area contributed by atoms with E-state index in [9.17, 15) is 9.59 Å². The Hall–Kier alpha value is -2.18. The van der Waals surface area contributed by atoms with Crippen LogP contribution in [0.2, 0.25) is 0 Å². The number of piperidine rings is 1. The van der Waals surface area contributed by atoms with Crippen molar-refractivity contribution in [3.8, 4) is 0 Å². The van der Waals surface area contributed by atoms with Crippen LogP contribution in [-0.2, 0) is 9.59 Å². The largest absolute Gasteiger partial charge is 0.326 e. The van der Waals surface area contributed by atoms with Crippen LogP contribution in [0.25, 0.3) is 0 Å². The molecule has 1 atom stereocenters. The number of anilines is 2. The second-order valence-electron chi connectivity index (χ2n) is 6.84. The average molecular weight is 430 g/mol. The summed E-state index contributed by atoms with van der Waals surface area (Å²) < 4.78 is 0.929. The lowest BCUT2D eigenvalue weighted by Crippen LogP contribution is -2.47. The number of hydrogen-bond acceptors (Lipinski definition) is 3. The van der Waals surface area contributed by atoms with Crippen LogP contribution in [0.1, 0.15) is 19.8 Å². The van der Waals surface area contributed by atoms with Crippen molar-refractivity contribution in [3.63, 3.8) is 0 Å². The molecule has 1 heterocycles. The minimum atomic E-state index is -0.234. The third-order valence-electron chi connectivity index (χ3n) is 4.96. The van der Waals surface area contributed by atoms with Gasteiger partial charge in [0.05, 0.1) is 6.04 Å². The van der Waals surface area contributed by atoms with Gasteiger partial charge in [-0.15, -0.1) is 0 Å². The molecule has 0 radical (unpaired) electrons. The summed E-state index contributed by atoms with van der Waals surface area (Å²) in [6, 6.07) is 16.8. The van der Waals surface area contributed by atoms with Crippen molar-refractivity contribution in [3.05, 3.63) is 59.1 Å². The van der Waals surface area contributed by atoms with Crippen LogP contribution in [0.5, 0.6) is 0 Å². The molecule has 0 unspecified atom stereocenters. The van der Waals surface area contributed by atoms with Gasteiger partial charge in [-0.05, 0) is 63.2 Å². The summed E-state index contributed by atoms with van der Waals surface area (Å²) in [5.74, 6) is 0.0224. The van der Waals surface area contributed by atoms with Gasteiger partial charge in [0.25, 0.3) is 0 Å². The topological polar surface area (TPSA) is 61.4 Å². The Kier molecular flexibility index (Phi) is 6.63. The third kappa shape index (κ3) is 5.40. The van der Waals surface area contributed by atoms with Crippen molar-refractivity contribution in [2.24, 2.45) is 5.92 Å². The number of amides is 2.